The SMILES string of the molecule is C=CCOC1(C(=O)OC)CC(OC)C(C)(C)C(CC(O)CN)O1. The van der Waals surface area contributed by atoms with Crippen LogP contribution < -0.4 is 5.73 Å². The van der Waals surface area contributed by atoms with Gasteiger partial charge in [-0.1, -0.05) is 19.9 Å². The zero-order valence-electron chi connectivity index (χ0n) is 14.4. The van der Waals surface area contributed by atoms with E-state index >= 15 is 0 Å². The molecule has 1 aliphatic rings. The summed E-state index contributed by atoms with van der Waals surface area (Å²) in [5.41, 5.74) is 5.06. The average molecular weight is 331 g/mol. The molecule has 0 aromatic carbocycles. The Hall–Kier alpha value is -0.990. The van der Waals surface area contributed by atoms with Crippen LogP contribution in [0.15, 0.2) is 12.7 Å². The summed E-state index contributed by atoms with van der Waals surface area (Å²) in [5, 5.41) is 9.92. The Bertz CT molecular complexity index is 413. The van der Waals surface area contributed by atoms with Gasteiger partial charge in [0, 0.05) is 31.9 Å². The second-order valence-electron chi connectivity index (χ2n) is 6.33. The van der Waals surface area contributed by atoms with Crippen molar-refractivity contribution < 1.29 is 28.8 Å². The Morgan fingerprint density at radius 1 is 1.52 bits per heavy atom. The second kappa shape index (κ2) is 8.21. The first kappa shape index (κ1) is 20.1. The number of ether oxygens (including phenoxy) is 4. The highest BCUT2D eigenvalue weighted by Crippen LogP contribution is 2.45. The van der Waals surface area contributed by atoms with Crippen LogP contribution in [0.25, 0.3) is 0 Å². The van der Waals surface area contributed by atoms with Gasteiger partial charge in [-0.3, -0.25) is 0 Å². The van der Waals surface area contributed by atoms with Crippen LogP contribution in [0, 0.1) is 5.41 Å². The molecule has 0 aromatic heterocycles. The summed E-state index contributed by atoms with van der Waals surface area (Å²) in [6, 6.07) is 0. The highest BCUT2D eigenvalue weighted by molar-refractivity contribution is 5.78. The Balaban J connectivity index is 3.17. The number of rotatable bonds is 8. The molecule has 0 amide bonds. The average Bonchev–Trinajstić information content (AvgIpc) is 2.54. The Labute approximate surface area is 137 Å². The number of esters is 1. The lowest BCUT2D eigenvalue weighted by molar-refractivity contribution is -0.320. The first-order valence-electron chi connectivity index (χ1n) is 7.69. The molecule has 0 spiro atoms. The molecule has 4 atom stereocenters. The normalized spacial score (nSPS) is 31.4. The molecule has 134 valence electrons. The van der Waals surface area contributed by atoms with E-state index in [9.17, 15) is 9.90 Å². The van der Waals surface area contributed by atoms with Gasteiger partial charge in [-0.15, -0.1) is 6.58 Å². The summed E-state index contributed by atoms with van der Waals surface area (Å²) in [6.07, 6.45) is 0.411. The molecule has 0 saturated carbocycles. The summed E-state index contributed by atoms with van der Waals surface area (Å²) in [5.74, 6) is -2.22. The number of methoxy groups -OCH3 is 2. The van der Waals surface area contributed by atoms with E-state index < -0.39 is 29.4 Å². The van der Waals surface area contributed by atoms with Crippen molar-refractivity contribution in [3.63, 3.8) is 0 Å². The van der Waals surface area contributed by atoms with E-state index in [4.69, 9.17) is 24.7 Å². The van der Waals surface area contributed by atoms with Crippen molar-refractivity contribution in [3.8, 4) is 0 Å². The van der Waals surface area contributed by atoms with E-state index in [1.54, 1.807) is 7.11 Å². The molecule has 1 saturated heterocycles. The summed E-state index contributed by atoms with van der Waals surface area (Å²) in [7, 11) is 2.85. The molecule has 0 aliphatic carbocycles. The summed E-state index contributed by atoms with van der Waals surface area (Å²) < 4.78 is 22.1. The fourth-order valence-electron chi connectivity index (χ4n) is 2.86. The van der Waals surface area contributed by atoms with Gasteiger partial charge in [-0.2, -0.15) is 0 Å². The number of aliphatic hydroxyl groups is 1. The fourth-order valence-corrected chi connectivity index (χ4v) is 2.86. The van der Waals surface area contributed by atoms with E-state index in [0.717, 1.165) is 0 Å². The molecule has 0 aromatic rings. The Morgan fingerprint density at radius 3 is 2.65 bits per heavy atom. The van der Waals surface area contributed by atoms with Gasteiger partial charge in [0.2, 0.25) is 0 Å². The van der Waals surface area contributed by atoms with Crippen LogP contribution in [0.4, 0.5) is 0 Å². The first-order chi connectivity index (χ1) is 10.8. The third-order valence-corrected chi connectivity index (χ3v) is 4.42. The van der Waals surface area contributed by atoms with Crippen LogP contribution in [0.3, 0.4) is 0 Å². The predicted molar refractivity (Wildman–Crippen MR) is 84.6 cm³/mol. The van der Waals surface area contributed by atoms with Crippen LogP contribution in [0.1, 0.15) is 26.7 Å². The fraction of sp³-hybridized carbons (Fsp3) is 0.812. The molecule has 1 heterocycles. The summed E-state index contributed by atoms with van der Waals surface area (Å²) >= 11 is 0. The molecule has 3 N–H and O–H groups in total. The van der Waals surface area contributed by atoms with E-state index in [0.29, 0.717) is 0 Å². The lowest BCUT2D eigenvalue weighted by Gasteiger charge is -2.51. The Morgan fingerprint density at radius 2 is 2.17 bits per heavy atom. The number of hydrogen-bond donors (Lipinski definition) is 2. The molecule has 1 fully saturated rings. The van der Waals surface area contributed by atoms with Crippen molar-refractivity contribution in [2.75, 3.05) is 27.4 Å². The van der Waals surface area contributed by atoms with Gasteiger partial charge in [0.1, 0.15) is 0 Å². The molecule has 0 radical (unpaired) electrons. The number of nitrogens with two attached hydrogens (primary N) is 1. The maximum Gasteiger partial charge on any atom is 0.366 e. The van der Waals surface area contributed by atoms with Crippen LogP contribution in [0.2, 0.25) is 0 Å². The molecule has 0 bridgehead atoms. The molecular weight excluding hydrogens is 302 g/mol. The molecule has 7 heteroatoms. The third-order valence-electron chi connectivity index (χ3n) is 4.42. The van der Waals surface area contributed by atoms with Crippen molar-refractivity contribution >= 4 is 5.97 Å². The quantitative estimate of drug-likeness (QED) is 0.496. The molecule has 7 nitrogen and oxygen atoms in total. The molecular formula is C16H29NO6. The van der Waals surface area contributed by atoms with Crippen molar-refractivity contribution in [1.29, 1.82) is 0 Å². The highest BCUT2D eigenvalue weighted by atomic mass is 16.7. The topological polar surface area (TPSA) is 100 Å². The van der Waals surface area contributed by atoms with Crippen molar-refractivity contribution in [2.45, 2.75) is 50.8 Å². The van der Waals surface area contributed by atoms with Gasteiger partial charge in [0.25, 0.3) is 5.79 Å². The van der Waals surface area contributed by atoms with Crippen LogP contribution in [-0.4, -0.2) is 62.5 Å². The molecule has 1 rings (SSSR count). The van der Waals surface area contributed by atoms with Gasteiger partial charge in [-0.05, 0) is 0 Å². The maximum absolute atomic E-state index is 12.3. The van der Waals surface area contributed by atoms with Crippen molar-refractivity contribution in [1.82, 2.24) is 0 Å². The van der Waals surface area contributed by atoms with Crippen LogP contribution in [-0.2, 0) is 23.7 Å². The monoisotopic (exact) mass is 331 g/mol. The summed E-state index contributed by atoms with van der Waals surface area (Å²) in [4.78, 5) is 12.3. The molecule has 4 unspecified atom stereocenters. The molecule has 1 aliphatic heterocycles. The van der Waals surface area contributed by atoms with Gasteiger partial charge >= 0.3 is 5.97 Å². The van der Waals surface area contributed by atoms with Crippen molar-refractivity contribution in [3.05, 3.63) is 12.7 Å². The summed E-state index contributed by atoms with van der Waals surface area (Å²) in [6.45, 7) is 7.74. The number of hydrogen-bond acceptors (Lipinski definition) is 7. The Kier molecular flexibility index (Phi) is 7.16. The zero-order valence-corrected chi connectivity index (χ0v) is 14.4. The highest BCUT2D eigenvalue weighted by Gasteiger charge is 2.57. The number of carbonyl (C=O) groups excluding carboxylic acids is 1. The predicted octanol–water partition coefficient (Wildman–Crippen LogP) is 0.598. The lowest BCUT2D eigenvalue weighted by atomic mass is 9.73. The third kappa shape index (κ3) is 4.30. The van der Waals surface area contributed by atoms with Gasteiger partial charge in [0.15, 0.2) is 0 Å². The second-order valence-corrected chi connectivity index (χ2v) is 6.33. The van der Waals surface area contributed by atoms with Crippen LogP contribution >= 0.6 is 0 Å². The smallest absolute Gasteiger partial charge is 0.366 e. The van der Waals surface area contributed by atoms with E-state index in [-0.39, 0.29) is 32.1 Å². The zero-order chi connectivity index (χ0) is 17.7. The molecule has 23 heavy (non-hydrogen) atoms. The number of aliphatic hydroxyl groups excluding tert-OH is 1. The van der Waals surface area contributed by atoms with Gasteiger partial charge in [0.05, 0.1) is 32.0 Å². The standard InChI is InChI=1S/C16H29NO6/c1-6-7-22-16(14(19)21-5)9-13(20-4)15(2,3)12(23-16)8-11(18)10-17/h6,11-13,18H,1,7-10,17H2,2-5H3. The largest absolute Gasteiger partial charge is 0.465 e. The lowest BCUT2D eigenvalue weighted by Crippen LogP contribution is -2.62. The number of carbonyl (C=O) groups is 1. The van der Waals surface area contributed by atoms with E-state index in [1.807, 2.05) is 13.8 Å². The maximum atomic E-state index is 12.3. The minimum atomic E-state index is -1.59. The van der Waals surface area contributed by atoms with E-state index in [2.05, 4.69) is 6.58 Å². The van der Waals surface area contributed by atoms with Crippen molar-refractivity contribution in [2.24, 2.45) is 11.1 Å². The minimum Gasteiger partial charge on any atom is -0.465 e. The minimum absolute atomic E-state index is 0.103. The van der Waals surface area contributed by atoms with E-state index in [1.165, 1.54) is 13.2 Å². The van der Waals surface area contributed by atoms with Gasteiger partial charge < -0.3 is 29.8 Å². The van der Waals surface area contributed by atoms with Crippen LogP contribution in [0.5, 0.6) is 0 Å². The first-order valence-corrected chi connectivity index (χ1v) is 7.69. The van der Waals surface area contributed by atoms with Gasteiger partial charge in [-0.25, -0.2) is 4.79 Å².